The lowest BCUT2D eigenvalue weighted by atomic mass is 10.1. The molecular formula is C11H11ClFN3O. The Labute approximate surface area is 103 Å². The van der Waals surface area contributed by atoms with Gasteiger partial charge in [0.1, 0.15) is 5.82 Å². The van der Waals surface area contributed by atoms with Crippen molar-refractivity contribution in [1.82, 2.24) is 10.1 Å². The predicted molar refractivity (Wildman–Crippen MR) is 61.9 cm³/mol. The molecule has 0 amide bonds. The molecule has 17 heavy (non-hydrogen) atoms. The van der Waals surface area contributed by atoms with E-state index in [0.29, 0.717) is 17.3 Å². The van der Waals surface area contributed by atoms with Crippen LogP contribution >= 0.6 is 11.6 Å². The monoisotopic (exact) mass is 255 g/mol. The Morgan fingerprint density at radius 1 is 1.41 bits per heavy atom. The molecule has 0 bridgehead atoms. The highest BCUT2D eigenvalue weighted by Gasteiger charge is 2.22. The highest BCUT2D eigenvalue weighted by Crippen LogP contribution is 2.24. The molecule has 0 aliphatic heterocycles. The number of nitrogens with zero attached hydrogens (tertiary/aromatic N) is 2. The summed E-state index contributed by atoms with van der Waals surface area (Å²) >= 11 is 5.67. The Kier molecular flexibility index (Phi) is 2.89. The second-order valence-corrected chi connectivity index (χ2v) is 4.68. The molecule has 90 valence electrons. The molecule has 2 N–H and O–H groups in total. The van der Waals surface area contributed by atoms with Crippen LogP contribution in [0.5, 0.6) is 0 Å². The van der Waals surface area contributed by atoms with Gasteiger partial charge in [0.15, 0.2) is 0 Å². The topological polar surface area (TPSA) is 64.9 Å². The number of rotatable bonds is 2. The first-order chi connectivity index (χ1) is 7.88. The van der Waals surface area contributed by atoms with Crippen LogP contribution in [-0.2, 0) is 5.54 Å². The molecule has 0 aliphatic rings. The summed E-state index contributed by atoms with van der Waals surface area (Å²) in [7, 11) is 0. The zero-order chi connectivity index (χ0) is 12.6. The van der Waals surface area contributed by atoms with Gasteiger partial charge in [-0.25, -0.2) is 4.39 Å². The summed E-state index contributed by atoms with van der Waals surface area (Å²) in [4.78, 5) is 4.14. The zero-order valence-corrected chi connectivity index (χ0v) is 10.1. The molecule has 0 fully saturated rings. The van der Waals surface area contributed by atoms with E-state index in [0.717, 1.165) is 0 Å². The van der Waals surface area contributed by atoms with Crippen molar-refractivity contribution in [3.8, 4) is 11.4 Å². The van der Waals surface area contributed by atoms with Crippen LogP contribution in [0.4, 0.5) is 4.39 Å². The summed E-state index contributed by atoms with van der Waals surface area (Å²) in [6.07, 6.45) is 0. The molecular weight excluding hydrogens is 245 g/mol. The van der Waals surface area contributed by atoms with Crippen LogP contribution in [0.1, 0.15) is 19.7 Å². The normalized spacial score (nSPS) is 11.8. The van der Waals surface area contributed by atoms with Crippen molar-refractivity contribution in [3.05, 3.63) is 34.9 Å². The maximum atomic E-state index is 13.0. The number of hydrogen-bond acceptors (Lipinski definition) is 4. The molecule has 4 nitrogen and oxygen atoms in total. The van der Waals surface area contributed by atoms with E-state index < -0.39 is 11.4 Å². The fourth-order valence-electron chi connectivity index (χ4n) is 1.24. The second-order valence-electron chi connectivity index (χ2n) is 4.27. The first-order valence-electron chi connectivity index (χ1n) is 4.96. The van der Waals surface area contributed by atoms with Gasteiger partial charge >= 0.3 is 0 Å². The smallest absolute Gasteiger partial charge is 0.246 e. The third-order valence-corrected chi connectivity index (χ3v) is 2.44. The summed E-state index contributed by atoms with van der Waals surface area (Å²) < 4.78 is 18.0. The molecule has 6 heteroatoms. The van der Waals surface area contributed by atoms with Crippen LogP contribution in [0.15, 0.2) is 22.7 Å². The van der Waals surface area contributed by atoms with E-state index in [4.69, 9.17) is 21.9 Å². The van der Waals surface area contributed by atoms with E-state index in [2.05, 4.69) is 10.1 Å². The Balaban J connectivity index is 2.40. The molecule has 0 saturated carbocycles. The lowest BCUT2D eigenvalue weighted by Gasteiger charge is -2.10. The summed E-state index contributed by atoms with van der Waals surface area (Å²) in [6, 6.07) is 4.22. The van der Waals surface area contributed by atoms with E-state index in [9.17, 15) is 4.39 Å². The highest BCUT2D eigenvalue weighted by molar-refractivity contribution is 6.31. The Bertz CT molecular complexity index is 548. The van der Waals surface area contributed by atoms with Gasteiger partial charge in [-0.15, -0.1) is 0 Å². The largest absolute Gasteiger partial charge is 0.337 e. The number of benzene rings is 1. The van der Waals surface area contributed by atoms with Gasteiger partial charge in [0, 0.05) is 5.56 Å². The molecule has 1 heterocycles. The molecule has 0 aliphatic carbocycles. The van der Waals surface area contributed by atoms with Crippen molar-refractivity contribution in [1.29, 1.82) is 0 Å². The standard InChI is InChI=1S/C11H11ClFN3O/c1-11(2,14)10-15-9(16-17-10)6-3-4-8(13)7(12)5-6/h3-5H,14H2,1-2H3. The number of halogens is 2. The van der Waals surface area contributed by atoms with E-state index in [1.54, 1.807) is 13.8 Å². The highest BCUT2D eigenvalue weighted by atomic mass is 35.5. The molecule has 0 spiro atoms. The molecule has 0 radical (unpaired) electrons. The van der Waals surface area contributed by atoms with Gasteiger partial charge in [0.05, 0.1) is 10.6 Å². The summed E-state index contributed by atoms with van der Waals surface area (Å²) in [5.41, 5.74) is 5.69. The maximum Gasteiger partial charge on any atom is 0.246 e. The lowest BCUT2D eigenvalue weighted by molar-refractivity contribution is 0.312. The fourth-order valence-corrected chi connectivity index (χ4v) is 1.42. The Morgan fingerprint density at radius 2 is 2.12 bits per heavy atom. The van der Waals surface area contributed by atoms with Crippen molar-refractivity contribution in [3.63, 3.8) is 0 Å². The van der Waals surface area contributed by atoms with Gasteiger partial charge in [0.25, 0.3) is 0 Å². The third kappa shape index (κ3) is 2.45. The van der Waals surface area contributed by atoms with Gasteiger partial charge in [-0.2, -0.15) is 4.98 Å². The molecule has 2 aromatic rings. The number of nitrogens with two attached hydrogens (primary N) is 1. The molecule has 1 aromatic heterocycles. The van der Waals surface area contributed by atoms with Crippen LogP contribution in [0.3, 0.4) is 0 Å². The SMILES string of the molecule is CC(C)(N)c1nc(-c2ccc(F)c(Cl)c2)no1. The summed E-state index contributed by atoms with van der Waals surface area (Å²) in [5, 5.41) is 3.79. The third-order valence-electron chi connectivity index (χ3n) is 2.16. The average molecular weight is 256 g/mol. The minimum absolute atomic E-state index is 0.0147. The van der Waals surface area contributed by atoms with Gasteiger partial charge in [0.2, 0.25) is 11.7 Å². The van der Waals surface area contributed by atoms with Gasteiger partial charge in [-0.05, 0) is 32.0 Å². The number of aromatic nitrogens is 2. The van der Waals surface area contributed by atoms with Gasteiger partial charge in [-0.1, -0.05) is 16.8 Å². The van der Waals surface area contributed by atoms with Crippen molar-refractivity contribution in [2.45, 2.75) is 19.4 Å². The number of hydrogen-bond donors (Lipinski definition) is 1. The lowest BCUT2D eigenvalue weighted by Crippen LogP contribution is -2.28. The first kappa shape index (κ1) is 12.0. The van der Waals surface area contributed by atoms with E-state index >= 15 is 0 Å². The quantitative estimate of drug-likeness (QED) is 0.896. The van der Waals surface area contributed by atoms with E-state index in [1.165, 1.54) is 18.2 Å². The Morgan fingerprint density at radius 3 is 2.65 bits per heavy atom. The molecule has 0 saturated heterocycles. The molecule has 1 aromatic carbocycles. The zero-order valence-electron chi connectivity index (χ0n) is 9.37. The van der Waals surface area contributed by atoms with Crippen molar-refractivity contribution in [2.75, 3.05) is 0 Å². The van der Waals surface area contributed by atoms with Gasteiger partial charge < -0.3 is 10.3 Å². The molecule has 2 rings (SSSR count). The summed E-state index contributed by atoms with van der Waals surface area (Å²) in [6.45, 7) is 3.50. The van der Waals surface area contributed by atoms with E-state index in [-0.39, 0.29) is 5.02 Å². The van der Waals surface area contributed by atoms with Crippen LogP contribution in [0.2, 0.25) is 5.02 Å². The first-order valence-corrected chi connectivity index (χ1v) is 5.34. The van der Waals surface area contributed by atoms with Crippen molar-refractivity contribution in [2.24, 2.45) is 5.73 Å². The fraction of sp³-hybridized carbons (Fsp3) is 0.273. The van der Waals surface area contributed by atoms with Gasteiger partial charge in [-0.3, -0.25) is 0 Å². The van der Waals surface area contributed by atoms with Crippen LogP contribution in [-0.4, -0.2) is 10.1 Å². The Hall–Kier alpha value is -1.46. The van der Waals surface area contributed by atoms with Crippen LogP contribution in [0, 0.1) is 5.82 Å². The van der Waals surface area contributed by atoms with Crippen molar-refractivity contribution >= 4 is 11.6 Å². The minimum Gasteiger partial charge on any atom is -0.337 e. The van der Waals surface area contributed by atoms with E-state index in [1.807, 2.05) is 0 Å². The second kappa shape index (κ2) is 4.09. The maximum absolute atomic E-state index is 13.0. The minimum atomic E-state index is -0.713. The molecule has 0 atom stereocenters. The predicted octanol–water partition coefficient (Wildman–Crippen LogP) is 2.72. The van der Waals surface area contributed by atoms with Crippen LogP contribution < -0.4 is 5.73 Å². The van der Waals surface area contributed by atoms with Crippen molar-refractivity contribution < 1.29 is 8.91 Å². The molecule has 0 unspecified atom stereocenters. The summed E-state index contributed by atoms with van der Waals surface area (Å²) in [5.74, 6) is 0.159. The van der Waals surface area contributed by atoms with Crippen LogP contribution in [0.25, 0.3) is 11.4 Å². The average Bonchev–Trinajstić information content (AvgIpc) is 2.70.